The van der Waals surface area contributed by atoms with E-state index in [2.05, 4.69) is 5.32 Å². The molecule has 0 saturated carbocycles. The Bertz CT molecular complexity index is 541. The van der Waals surface area contributed by atoms with Gasteiger partial charge in [-0.05, 0) is 25.7 Å². The highest BCUT2D eigenvalue weighted by molar-refractivity contribution is 6.67. The van der Waals surface area contributed by atoms with E-state index in [1.54, 1.807) is 13.8 Å². The first-order chi connectivity index (χ1) is 11.8. The minimum atomic E-state index is -1.79. The lowest BCUT2D eigenvalue weighted by Gasteiger charge is -2.44. The number of aliphatic hydroxyl groups excluding tert-OH is 1. The van der Waals surface area contributed by atoms with Crippen molar-refractivity contribution in [3.8, 4) is 0 Å². The molecule has 3 atom stereocenters. The number of nitrogens with one attached hydrogen (secondary N) is 1. The van der Waals surface area contributed by atoms with Gasteiger partial charge in [-0.1, -0.05) is 48.7 Å². The van der Waals surface area contributed by atoms with E-state index in [0.717, 1.165) is 0 Å². The number of carbonyl (C=O) groups excluding carboxylic acids is 2. The van der Waals surface area contributed by atoms with Gasteiger partial charge in [-0.2, -0.15) is 0 Å². The number of amides is 2. The van der Waals surface area contributed by atoms with E-state index >= 15 is 0 Å². The van der Waals surface area contributed by atoms with Crippen LogP contribution in [0.2, 0.25) is 0 Å². The van der Waals surface area contributed by atoms with Gasteiger partial charge in [0.05, 0.1) is 6.54 Å². The average Bonchev–Trinajstić information content (AvgIpc) is 2.51. The highest BCUT2D eigenvalue weighted by atomic mass is 35.6. The zero-order chi connectivity index (χ0) is 20.2. The summed E-state index contributed by atoms with van der Waals surface area (Å²) in [5.74, 6) is -2.68. The van der Waals surface area contributed by atoms with Crippen LogP contribution in [0.4, 0.5) is 0 Å². The summed E-state index contributed by atoms with van der Waals surface area (Å²) in [5.41, 5.74) is 0. The van der Waals surface area contributed by atoms with Crippen molar-refractivity contribution < 1.29 is 24.6 Å². The summed E-state index contributed by atoms with van der Waals surface area (Å²) in [5, 5.41) is 24.0. The Kier molecular flexibility index (Phi) is 8.41. The molecule has 1 aliphatic heterocycles. The fraction of sp³-hybridized carbons (Fsp3) is 0.800. The molecule has 0 aromatic carbocycles. The molecule has 0 aromatic rings. The second kappa shape index (κ2) is 9.41. The van der Waals surface area contributed by atoms with Crippen molar-refractivity contribution in [1.29, 1.82) is 0 Å². The Hall–Kier alpha value is -0.800. The van der Waals surface area contributed by atoms with Crippen molar-refractivity contribution in [3.63, 3.8) is 0 Å². The van der Waals surface area contributed by atoms with E-state index in [-0.39, 0.29) is 19.0 Å². The molecule has 2 amide bonds. The number of aliphatic hydroxyl groups is 1. The molecule has 150 valence electrons. The van der Waals surface area contributed by atoms with Crippen molar-refractivity contribution >= 4 is 52.6 Å². The first-order valence-electron chi connectivity index (χ1n) is 8.21. The maximum absolute atomic E-state index is 12.8. The fourth-order valence-electron chi connectivity index (χ4n) is 2.63. The van der Waals surface area contributed by atoms with Gasteiger partial charge in [-0.25, -0.2) is 5.01 Å². The van der Waals surface area contributed by atoms with Gasteiger partial charge in [0, 0.05) is 6.54 Å². The third-order valence-corrected chi connectivity index (χ3v) is 4.39. The zero-order valence-corrected chi connectivity index (χ0v) is 17.1. The third kappa shape index (κ3) is 6.42. The molecule has 1 aliphatic rings. The monoisotopic (exact) mass is 431 g/mol. The summed E-state index contributed by atoms with van der Waals surface area (Å²) >= 11 is 17.4. The van der Waals surface area contributed by atoms with Crippen molar-refractivity contribution in [2.24, 2.45) is 5.92 Å². The number of hydrazine groups is 1. The molecule has 1 heterocycles. The number of hydrogen-bond acceptors (Lipinski definition) is 5. The van der Waals surface area contributed by atoms with Gasteiger partial charge in [0.1, 0.15) is 18.2 Å². The summed E-state index contributed by atoms with van der Waals surface area (Å²) in [4.78, 5) is 36.2. The Morgan fingerprint density at radius 1 is 1.23 bits per heavy atom. The number of alkyl halides is 3. The van der Waals surface area contributed by atoms with Crippen LogP contribution in [0.15, 0.2) is 0 Å². The molecule has 0 bridgehead atoms. The Balaban J connectivity index is 2.94. The maximum Gasteiger partial charge on any atom is 0.322 e. The molecule has 1 saturated heterocycles. The standard InChI is InChI=1S/C15H24Cl3N3O5/c1-8(2)11(22)12(23)19-9(3)13(24)20-6-4-5-10(14(25)26)21(20)7-15(16,17)18/h8-11,22H,4-7H2,1-3H3,(H,19,23)(H,25,26)/t9-,10-,11-/m0/s1. The zero-order valence-electron chi connectivity index (χ0n) is 14.8. The molecule has 3 N–H and O–H groups in total. The molecule has 26 heavy (non-hydrogen) atoms. The van der Waals surface area contributed by atoms with Gasteiger partial charge in [0.2, 0.25) is 9.70 Å². The topological polar surface area (TPSA) is 110 Å². The second-order valence-corrected chi connectivity index (χ2v) is 9.11. The maximum atomic E-state index is 12.8. The van der Waals surface area contributed by atoms with Gasteiger partial charge in [0.25, 0.3) is 5.91 Å². The van der Waals surface area contributed by atoms with E-state index in [9.17, 15) is 24.6 Å². The number of halogens is 3. The van der Waals surface area contributed by atoms with Crippen LogP contribution in [0, 0.1) is 5.92 Å². The van der Waals surface area contributed by atoms with Gasteiger partial charge in [-0.3, -0.25) is 19.4 Å². The molecule has 0 aliphatic carbocycles. The number of carbonyl (C=O) groups is 3. The fourth-order valence-corrected chi connectivity index (χ4v) is 3.00. The first-order valence-corrected chi connectivity index (χ1v) is 9.34. The molecule has 11 heteroatoms. The largest absolute Gasteiger partial charge is 0.480 e. The predicted molar refractivity (Wildman–Crippen MR) is 97.8 cm³/mol. The molecule has 8 nitrogen and oxygen atoms in total. The van der Waals surface area contributed by atoms with Gasteiger partial charge in [-0.15, -0.1) is 0 Å². The average molecular weight is 433 g/mol. The van der Waals surface area contributed by atoms with Crippen LogP contribution in [0.1, 0.15) is 33.6 Å². The normalized spacial score (nSPS) is 21.4. The minimum absolute atomic E-state index is 0.232. The van der Waals surface area contributed by atoms with E-state index < -0.39 is 39.8 Å². The molecule has 1 rings (SSSR count). The van der Waals surface area contributed by atoms with Crippen LogP contribution in [0.25, 0.3) is 0 Å². The molecule has 0 aromatic heterocycles. The van der Waals surface area contributed by atoms with Crippen LogP contribution < -0.4 is 5.32 Å². The summed E-state index contributed by atoms with van der Waals surface area (Å²) in [7, 11) is 0. The number of nitrogens with zero attached hydrogens (tertiary/aromatic N) is 2. The summed E-state index contributed by atoms with van der Waals surface area (Å²) in [6.07, 6.45) is -0.503. The van der Waals surface area contributed by atoms with Crippen LogP contribution in [0.5, 0.6) is 0 Å². The number of aliphatic carboxylic acids is 1. The van der Waals surface area contributed by atoms with Gasteiger partial charge < -0.3 is 15.5 Å². The molecule has 1 fully saturated rings. The van der Waals surface area contributed by atoms with E-state index in [0.29, 0.717) is 12.8 Å². The summed E-state index contributed by atoms with van der Waals surface area (Å²) < 4.78 is -1.79. The van der Waals surface area contributed by atoms with Gasteiger partial charge >= 0.3 is 5.97 Å². The van der Waals surface area contributed by atoms with Crippen molar-refractivity contribution in [2.75, 3.05) is 13.1 Å². The first kappa shape index (κ1) is 23.2. The number of rotatable bonds is 6. The molecular weight excluding hydrogens is 409 g/mol. The molecular formula is C15H24Cl3N3O5. The SMILES string of the molecule is CC(C)[C@H](O)C(=O)N[C@@H](C)C(=O)N1CCC[C@@H](C(=O)O)N1CC(Cl)(Cl)Cl. The Morgan fingerprint density at radius 2 is 1.81 bits per heavy atom. The third-order valence-electron chi connectivity index (χ3n) is 4.03. The smallest absolute Gasteiger partial charge is 0.322 e. The molecule has 0 radical (unpaired) electrons. The Morgan fingerprint density at radius 3 is 2.27 bits per heavy atom. The lowest BCUT2D eigenvalue weighted by atomic mass is 10.1. The number of carboxylic acid groups (broad SMARTS) is 1. The molecule has 0 unspecified atom stereocenters. The lowest BCUT2D eigenvalue weighted by Crippen LogP contribution is -2.63. The minimum Gasteiger partial charge on any atom is -0.480 e. The van der Waals surface area contributed by atoms with Crippen molar-refractivity contribution in [3.05, 3.63) is 0 Å². The van der Waals surface area contributed by atoms with E-state index in [1.165, 1.54) is 16.9 Å². The highest BCUT2D eigenvalue weighted by Gasteiger charge is 2.41. The quantitative estimate of drug-likeness (QED) is 0.544. The van der Waals surface area contributed by atoms with Crippen LogP contribution in [0.3, 0.4) is 0 Å². The van der Waals surface area contributed by atoms with Crippen LogP contribution in [-0.2, 0) is 14.4 Å². The molecule has 0 spiro atoms. The second-order valence-electron chi connectivity index (χ2n) is 6.59. The van der Waals surface area contributed by atoms with Crippen LogP contribution in [-0.4, -0.2) is 73.1 Å². The Labute approximate surface area is 167 Å². The van der Waals surface area contributed by atoms with Crippen molar-refractivity contribution in [2.45, 2.75) is 55.6 Å². The van der Waals surface area contributed by atoms with E-state index in [1.807, 2.05) is 0 Å². The van der Waals surface area contributed by atoms with Gasteiger partial charge in [0.15, 0.2) is 0 Å². The predicted octanol–water partition coefficient (Wildman–Crippen LogP) is 1.17. The number of carboxylic acids is 1. The summed E-state index contributed by atoms with van der Waals surface area (Å²) in [6.45, 7) is 4.72. The highest BCUT2D eigenvalue weighted by Crippen LogP contribution is 2.31. The van der Waals surface area contributed by atoms with E-state index in [4.69, 9.17) is 34.8 Å². The van der Waals surface area contributed by atoms with Crippen LogP contribution >= 0.6 is 34.8 Å². The lowest BCUT2D eigenvalue weighted by molar-refractivity contribution is -0.173. The number of hydrogen-bond donors (Lipinski definition) is 3. The van der Waals surface area contributed by atoms with Crippen molar-refractivity contribution in [1.82, 2.24) is 15.3 Å². The summed E-state index contributed by atoms with van der Waals surface area (Å²) in [6, 6.07) is -2.01.